The summed E-state index contributed by atoms with van der Waals surface area (Å²) in [4.78, 5) is 13.7. The van der Waals surface area contributed by atoms with Crippen LogP contribution < -0.4 is 0 Å². The highest BCUT2D eigenvalue weighted by Crippen LogP contribution is 2.69. The van der Waals surface area contributed by atoms with Crippen molar-refractivity contribution in [1.82, 2.24) is 25.1 Å². The van der Waals surface area contributed by atoms with Crippen molar-refractivity contribution in [3.05, 3.63) is 77.2 Å². The maximum atomic E-state index is 14.5. The van der Waals surface area contributed by atoms with Gasteiger partial charge in [0.2, 0.25) is 5.89 Å². The first-order chi connectivity index (χ1) is 16.9. The second-order valence-electron chi connectivity index (χ2n) is 9.62. The monoisotopic (exact) mass is 470 g/mol. The number of nitriles is 1. The molecule has 1 saturated carbocycles. The van der Waals surface area contributed by atoms with E-state index in [2.05, 4.69) is 34.0 Å². The Morgan fingerprint density at radius 1 is 1.11 bits per heavy atom. The molecular formula is C26H20F2N6O. The van der Waals surface area contributed by atoms with Crippen LogP contribution in [0.25, 0.3) is 22.8 Å². The van der Waals surface area contributed by atoms with Crippen LogP contribution in [0.15, 0.2) is 47.3 Å². The van der Waals surface area contributed by atoms with Crippen molar-refractivity contribution in [3.63, 3.8) is 0 Å². The van der Waals surface area contributed by atoms with Crippen LogP contribution in [0, 0.1) is 28.4 Å². The molecule has 35 heavy (non-hydrogen) atoms. The van der Waals surface area contributed by atoms with Crippen molar-refractivity contribution in [2.75, 3.05) is 0 Å². The van der Waals surface area contributed by atoms with Crippen LogP contribution >= 0.6 is 0 Å². The lowest BCUT2D eigenvalue weighted by Crippen LogP contribution is -2.38. The van der Waals surface area contributed by atoms with Crippen molar-refractivity contribution >= 4 is 0 Å². The predicted octanol–water partition coefficient (Wildman–Crippen LogP) is 5.14. The molecule has 0 N–H and O–H groups in total. The fourth-order valence-corrected chi connectivity index (χ4v) is 6.02. The first-order valence-corrected chi connectivity index (χ1v) is 11.3. The third-order valence-electron chi connectivity index (χ3n) is 7.70. The standard InChI is InChI=1S/C26H20F2N6O/c1-25(2)16-6-8-26(25,21-12-30-11-20(32-21)24-31-14(7-9-29)13-35-24)23-15(16)10-19(33-34-23)22-17(27)4-3-5-18(22)28/h3-5,10-13,16H,6-8H2,1-2H3/t16-,26-/m0/s1. The van der Waals surface area contributed by atoms with Gasteiger partial charge in [-0.3, -0.25) is 4.98 Å². The van der Waals surface area contributed by atoms with Gasteiger partial charge < -0.3 is 4.42 Å². The molecule has 1 aromatic carbocycles. The molecule has 0 amide bonds. The smallest absolute Gasteiger partial charge is 0.246 e. The molecule has 2 aliphatic rings. The lowest BCUT2D eigenvalue weighted by molar-refractivity contribution is 0.242. The SMILES string of the molecule is CC1(C)[C@H]2CC[C@]1(c1cncc(-c3nc(CC#N)co3)n1)c1nnc(-c3c(F)cccc3F)cc12. The Bertz CT molecular complexity index is 1500. The van der Waals surface area contributed by atoms with Crippen LogP contribution in [0.1, 0.15) is 55.3 Å². The van der Waals surface area contributed by atoms with Gasteiger partial charge in [-0.15, -0.1) is 5.10 Å². The summed E-state index contributed by atoms with van der Waals surface area (Å²) in [5.74, 6) is -0.924. The molecule has 0 unspecified atom stereocenters. The largest absolute Gasteiger partial charge is 0.443 e. The average molecular weight is 470 g/mol. The molecular weight excluding hydrogens is 450 g/mol. The van der Waals surface area contributed by atoms with Gasteiger partial charge in [0.25, 0.3) is 0 Å². The first kappa shape index (κ1) is 21.5. The Hall–Kier alpha value is -4.06. The van der Waals surface area contributed by atoms with E-state index in [4.69, 9.17) is 14.7 Å². The van der Waals surface area contributed by atoms with E-state index in [9.17, 15) is 8.78 Å². The van der Waals surface area contributed by atoms with Crippen LogP contribution in [0.5, 0.6) is 0 Å². The molecule has 2 bridgehead atoms. The van der Waals surface area contributed by atoms with E-state index in [1.54, 1.807) is 18.5 Å². The van der Waals surface area contributed by atoms with E-state index < -0.39 is 17.0 Å². The molecule has 3 aromatic heterocycles. The lowest BCUT2D eigenvalue weighted by Gasteiger charge is -2.37. The lowest BCUT2D eigenvalue weighted by atomic mass is 9.66. The summed E-state index contributed by atoms with van der Waals surface area (Å²) in [5.41, 5.74) is 2.57. The Morgan fingerprint density at radius 2 is 1.91 bits per heavy atom. The Morgan fingerprint density at radius 3 is 2.69 bits per heavy atom. The van der Waals surface area contributed by atoms with Crippen molar-refractivity contribution in [1.29, 1.82) is 5.26 Å². The van der Waals surface area contributed by atoms with Gasteiger partial charge in [-0.1, -0.05) is 19.9 Å². The van der Waals surface area contributed by atoms with Gasteiger partial charge in [0.15, 0.2) is 0 Å². The number of nitrogens with zero attached hydrogens (tertiary/aromatic N) is 6. The average Bonchev–Trinajstić information content (AvgIpc) is 3.47. The Labute approximate surface area is 199 Å². The minimum atomic E-state index is -0.670. The van der Waals surface area contributed by atoms with Gasteiger partial charge in [0.05, 0.1) is 52.4 Å². The third-order valence-corrected chi connectivity index (χ3v) is 7.70. The predicted molar refractivity (Wildman–Crippen MR) is 121 cm³/mol. The van der Waals surface area contributed by atoms with Gasteiger partial charge in [-0.05, 0) is 47.9 Å². The number of fused-ring (bicyclic) bond motifs is 5. The number of halogens is 2. The van der Waals surface area contributed by atoms with Gasteiger partial charge >= 0.3 is 0 Å². The second kappa shape index (κ2) is 7.47. The summed E-state index contributed by atoms with van der Waals surface area (Å²) in [6.45, 7) is 4.33. The van der Waals surface area contributed by atoms with E-state index >= 15 is 0 Å². The summed E-state index contributed by atoms with van der Waals surface area (Å²) < 4.78 is 34.5. The number of aromatic nitrogens is 5. The van der Waals surface area contributed by atoms with Crippen LogP contribution in [-0.2, 0) is 11.8 Å². The molecule has 0 aliphatic heterocycles. The molecule has 3 heterocycles. The molecule has 4 aromatic rings. The number of rotatable bonds is 4. The quantitative estimate of drug-likeness (QED) is 0.407. The zero-order valence-corrected chi connectivity index (χ0v) is 19.1. The van der Waals surface area contributed by atoms with E-state index in [1.165, 1.54) is 24.5 Å². The van der Waals surface area contributed by atoms with Crippen LogP contribution in [0.2, 0.25) is 0 Å². The van der Waals surface area contributed by atoms with Crippen molar-refractivity contribution in [3.8, 4) is 28.9 Å². The van der Waals surface area contributed by atoms with E-state index in [0.29, 0.717) is 17.3 Å². The molecule has 0 saturated heterocycles. The molecule has 0 radical (unpaired) electrons. The highest BCUT2D eigenvalue weighted by Gasteiger charge is 2.65. The van der Waals surface area contributed by atoms with E-state index in [1.807, 2.05) is 6.07 Å². The van der Waals surface area contributed by atoms with Crippen LogP contribution in [-0.4, -0.2) is 25.1 Å². The number of benzene rings is 1. The summed E-state index contributed by atoms with van der Waals surface area (Å²) in [6.07, 6.45) is 6.57. The molecule has 0 spiro atoms. The fraction of sp³-hybridized carbons (Fsp3) is 0.308. The summed E-state index contributed by atoms with van der Waals surface area (Å²) in [6, 6.07) is 7.59. The third kappa shape index (κ3) is 2.89. The minimum Gasteiger partial charge on any atom is -0.443 e. The molecule has 1 fully saturated rings. The molecule has 6 rings (SSSR count). The topological polar surface area (TPSA) is 101 Å². The molecule has 7 nitrogen and oxygen atoms in total. The maximum Gasteiger partial charge on any atom is 0.246 e. The second-order valence-corrected chi connectivity index (χ2v) is 9.62. The Kier molecular flexibility index (Phi) is 4.58. The van der Waals surface area contributed by atoms with Gasteiger partial charge in [0.1, 0.15) is 23.6 Å². The summed E-state index contributed by atoms with van der Waals surface area (Å²) >= 11 is 0. The van der Waals surface area contributed by atoms with E-state index in [-0.39, 0.29) is 29.0 Å². The van der Waals surface area contributed by atoms with Gasteiger partial charge in [-0.2, -0.15) is 10.4 Å². The van der Waals surface area contributed by atoms with E-state index in [0.717, 1.165) is 29.8 Å². The minimum absolute atomic E-state index is 0.121. The zero-order chi connectivity index (χ0) is 24.4. The molecule has 174 valence electrons. The fourth-order valence-electron chi connectivity index (χ4n) is 6.02. The number of oxazole rings is 1. The summed E-state index contributed by atoms with van der Waals surface area (Å²) in [5, 5.41) is 17.7. The van der Waals surface area contributed by atoms with Gasteiger partial charge in [-0.25, -0.2) is 18.7 Å². The highest BCUT2D eigenvalue weighted by atomic mass is 19.1. The first-order valence-electron chi connectivity index (χ1n) is 11.3. The highest BCUT2D eigenvalue weighted by molar-refractivity contribution is 5.64. The normalized spacial score (nSPS) is 21.6. The number of hydrogen-bond donors (Lipinski definition) is 0. The Balaban J connectivity index is 1.49. The van der Waals surface area contributed by atoms with Crippen LogP contribution in [0.4, 0.5) is 8.78 Å². The molecule has 2 aliphatic carbocycles. The number of hydrogen-bond acceptors (Lipinski definition) is 7. The molecule has 9 heteroatoms. The van der Waals surface area contributed by atoms with Gasteiger partial charge in [0, 0.05) is 6.20 Å². The van der Waals surface area contributed by atoms with Crippen molar-refractivity contribution in [2.45, 2.75) is 44.4 Å². The maximum absolute atomic E-state index is 14.5. The van der Waals surface area contributed by atoms with Crippen molar-refractivity contribution < 1.29 is 13.2 Å². The van der Waals surface area contributed by atoms with Crippen molar-refractivity contribution in [2.24, 2.45) is 5.41 Å². The molecule has 2 atom stereocenters. The summed E-state index contributed by atoms with van der Waals surface area (Å²) in [7, 11) is 0. The zero-order valence-electron chi connectivity index (χ0n) is 19.1. The van der Waals surface area contributed by atoms with Crippen LogP contribution in [0.3, 0.4) is 0 Å².